The van der Waals surface area contributed by atoms with Crippen LogP contribution in [0.4, 0.5) is 21.9 Å². The Labute approximate surface area is 197 Å². The first-order valence-electron chi connectivity index (χ1n) is 11.1. The first-order chi connectivity index (χ1) is 16.6. The minimum Gasteiger partial charge on any atom is -0.378 e. The van der Waals surface area contributed by atoms with Gasteiger partial charge in [-0.3, -0.25) is 4.98 Å². The Balaban J connectivity index is 1.43. The first kappa shape index (κ1) is 21.5. The second kappa shape index (κ2) is 9.25. The molecule has 2 aromatic heterocycles. The van der Waals surface area contributed by atoms with Crippen LogP contribution in [-0.4, -0.2) is 47.2 Å². The number of aryl methyl sites for hydroxylation is 1. The average Bonchev–Trinajstić information content (AvgIpc) is 3.37. The molecule has 170 valence electrons. The summed E-state index contributed by atoms with van der Waals surface area (Å²) in [6.07, 6.45) is 5.22. The van der Waals surface area contributed by atoms with E-state index < -0.39 is 0 Å². The summed E-state index contributed by atoms with van der Waals surface area (Å²) >= 11 is 0. The van der Waals surface area contributed by atoms with E-state index in [-0.39, 0.29) is 6.03 Å². The molecule has 8 heteroatoms. The maximum absolute atomic E-state index is 12.5. The molecule has 4 aromatic rings. The third kappa shape index (κ3) is 4.17. The summed E-state index contributed by atoms with van der Waals surface area (Å²) in [5.41, 5.74) is 6.62. The quantitative estimate of drug-likeness (QED) is 0.403. The molecule has 2 aromatic carbocycles. The molecule has 0 bridgehead atoms. The summed E-state index contributed by atoms with van der Waals surface area (Å²) in [6.45, 7) is 4.33. The zero-order chi connectivity index (χ0) is 23.5. The Morgan fingerprint density at radius 2 is 1.91 bits per heavy atom. The number of amides is 2. The van der Waals surface area contributed by atoms with Crippen molar-refractivity contribution >= 4 is 34.0 Å². The van der Waals surface area contributed by atoms with Gasteiger partial charge in [0.15, 0.2) is 0 Å². The lowest BCUT2D eigenvalue weighted by Crippen LogP contribution is -2.43. The third-order valence-corrected chi connectivity index (χ3v) is 6.08. The van der Waals surface area contributed by atoms with Gasteiger partial charge < -0.3 is 25.3 Å². The molecule has 1 aliphatic heterocycles. The number of nitriles is 1. The predicted molar refractivity (Wildman–Crippen MR) is 132 cm³/mol. The van der Waals surface area contributed by atoms with Gasteiger partial charge in [-0.15, -0.1) is 0 Å². The van der Waals surface area contributed by atoms with Crippen LogP contribution in [0, 0.1) is 18.3 Å². The van der Waals surface area contributed by atoms with Crippen molar-refractivity contribution in [1.29, 1.82) is 5.26 Å². The number of aromatic nitrogens is 2. The Bertz CT molecular complexity index is 1380. The Morgan fingerprint density at radius 1 is 1.12 bits per heavy atom. The fourth-order valence-corrected chi connectivity index (χ4v) is 4.15. The molecular weight excluding hydrogens is 428 g/mol. The number of nitrogens with one attached hydrogen (secondary N) is 3. The van der Waals surface area contributed by atoms with E-state index in [1.807, 2.05) is 48.7 Å². The molecule has 1 fully saturated rings. The van der Waals surface area contributed by atoms with E-state index in [0.717, 1.165) is 33.3 Å². The number of nitrogens with zero attached hydrogens (tertiary/aromatic N) is 3. The van der Waals surface area contributed by atoms with Crippen molar-refractivity contribution in [3.8, 4) is 17.2 Å². The van der Waals surface area contributed by atoms with E-state index in [1.54, 1.807) is 17.3 Å². The standard InChI is InChI=1S/C26H24N6O2/c1-17-21-8-9-29-24(21)7-6-23(17)31-25-19(14-27)15-28-16-22(25)18-2-4-20(5-3-18)30-26(33)32-10-12-34-13-11-32/h2-9,15-16,29H,10-13H2,1H3,(H,28,31)(H,30,33). The minimum atomic E-state index is -0.137. The number of aromatic amines is 1. The van der Waals surface area contributed by atoms with Gasteiger partial charge in [0.2, 0.25) is 0 Å². The van der Waals surface area contributed by atoms with E-state index in [9.17, 15) is 10.1 Å². The van der Waals surface area contributed by atoms with Crippen molar-refractivity contribution in [2.45, 2.75) is 6.92 Å². The number of ether oxygens (including phenoxy) is 1. The summed E-state index contributed by atoms with van der Waals surface area (Å²) < 4.78 is 5.30. The van der Waals surface area contributed by atoms with Crippen LogP contribution in [0.1, 0.15) is 11.1 Å². The number of morpholine rings is 1. The number of hydrogen-bond donors (Lipinski definition) is 3. The third-order valence-electron chi connectivity index (χ3n) is 6.08. The average molecular weight is 453 g/mol. The van der Waals surface area contributed by atoms with Crippen molar-refractivity contribution in [2.75, 3.05) is 36.9 Å². The number of urea groups is 1. The zero-order valence-electron chi connectivity index (χ0n) is 18.8. The van der Waals surface area contributed by atoms with Crippen molar-refractivity contribution in [1.82, 2.24) is 14.9 Å². The topological polar surface area (TPSA) is 106 Å². The van der Waals surface area contributed by atoms with Gasteiger partial charge in [-0.25, -0.2) is 4.79 Å². The van der Waals surface area contributed by atoms with Gasteiger partial charge >= 0.3 is 6.03 Å². The summed E-state index contributed by atoms with van der Waals surface area (Å²) in [5.74, 6) is 0. The van der Waals surface area contributed by atoms with Gasteiger partial charge in [0.1, 0.15) is 6.07 Å². The fraction of sp³-hybridized carbons (Fsp3) is 0.192. The first-order valence-corrected chi connectivity index (χ1v) is 11.1. The SMILES string of the molecule is Cc1c(Nc2c(C#N)cncc2-c2ccc(NC(=O)N3CCOCC3)cc2)ccc2[nH]ccc12. The molecule has 1 aliphatic rings. The highest BCUT2D eigenvalue weighted by Gasteiger charge is 2.17. The summed E-state index contributed by atoms with van der Waals surface area (Å²) in [7, 11) is 0. The highest BCUT2D eigenvalue weighted by atomic mass is 16.5. The molecule has 8 nitrogen and oxygen atoms in total. The molecule has 0 spiro atoms. The van der Waals surface area contributed by atoms with E-state index >= 15 is 0 Å². The lowest BCUT2D eigenvalue weighted by molar-refractivity contribution is 0.0564. The second-order valence-corrected chi connectivity index (χ2v) is 8.13. The Morgan fingerprint density at radius 3 is 2.68 bits per heavy atom. The van der Waals surface area contributed by atoms with Crippen molar-refractivity contribution in [3.63, 3.8) is 0 Å². The van der Waals surface area contributed by atoms with Gasteiger partial charge in [0.25, 0.3) is 0 Å². The smallest absolute Gasteiger partial charge is 0.321 e. The number of fused-ring (bicyclic) bond motifs is 1. The molecule has 3 N–H and O–H groups in total. The number of carbonyl (C=O) groups is 1. The summed E-state index contributed by atoms with van der Waals surface area (Å²) in [5, 5.41) is 17.3. The molecule has 1 saturated heterocycles. The predicted octanol–water partition coefficient (Wildman–Crippen LogP) is 5.02. The molecule has 0 radical (unpaired) electrons. The number of carbonyl (C=O) groups excluding carboxylic acids is 1. The number of benzene rings is 2. The molecule has 2 amide bonds. The molecule has 0 unspecified atom stereocenters. The van der Waals surface area contributed by atoms with Crippen molar-refractivity contribution in [2.24, 2.45) is 0 Å². The Kier molecular flexibility index (Phi) is 5.85. The lowest BCUT2D eigenvalue weighted by Gasteiger charge is -2.26. The highest BCUT2D eigenvalue weighted by Crippen LogP contribution is 2.35. The van der Waals surface area contributed by atoms with E-state index in [2.05, 4.69) is 33.6 Å². The number of H-pyrrole nitrogens is 1. The van der Waals surface area contributed by atoms with Gasteiger partial charge in [-0.1, -0.05) is 12.1 Å². The monoisotopic (exact) mass is 452 g/mol. The fourth-order valence-electron chi connectivity index (χ4n) is 4.15. The van der Waals surface area contributed by atoms with E-state index in [0.29, 0.717) is 43.2 Å². The number of rotatable bonds is 4. The van der Waals surface area contributed by atoms with Crippen LogP contribution >= 0.6 is 0 Å². The molecular formula is C26H24N6O2. The largest absolute Gasteiger partial charge is 0.378 e. The zero-order valence-corrected chi connectivity index (χ0v) is 18.8. The molecule has 34 heavy (non-hydrogen) atoms. The van der Waals surface area contributed by atoms with Gasteiger partial charge in [0, 0.05) is 59.5 Å². The van der Waals surface area contributed by atoms with Gasteiger partial charge in [0.05, 0.1) is 24.5 Å². The number of anilines is 3. The van der Waals surface area contributed by atoms with Crippen LogP contribution in [0.25, 0.3) is 22.0 Å². The van der Waals surface area contributed by atoms with Crippen LogP contribution < -0.4 is 10.6 Å². The lowest BCUT2D eigenvalue weighted by atomic mass is 10.0. The van der Waals surface area contributed by atoms with Crippen molar-refractivity contribution < 1.29 is 9.53 Å². The van der Waals surface area contributed by atoms with Crippen LogP contribution in [-0.2, 0) is 4.74 Å². The van der Waals surface area contributed by atoms with Crippen LogP contribution in [0.15, 0.2) is 61.1 Å². The van der Waals surface area contributed by atoms with Crippen LogP contribution in [0.3, 0.4) is 0 Å². The molecule has 0 aliphatic carbocycles. The van der Waals surface area contributed by atoms with Crippen LogP contribution in [0.2, 0.25) is 0 Å². The molecule has 3 heterocycles. The second-order valence-electron chi connectivity index (χ2n) is 8.13. The van der Waals surface area contributed by atoms with E-state index in [4.69, 9.17) is 4.74 Å². The molecule has 0 atom stereocenters. The normalized spacial score (nSPS) is 13.5. The van der Waals surface area contributed by atoms with Crippen LogP contribution in [0.5, 0.6) is 0 Å². The maximum atomic E-state index is 12.5. The minimum absolute atomic E-state index is 0.137. The Hall–Kier alpha value is -4.35. The summed E-state index contributed by atoms with van der Waals surface area (Å²) in [4.78, 5) is 21.7. The van der Waals surface area contributed by atoms with Gasteiger partial charge in [-0.05, 0) is 48.4 Å². The number of hydrogen-bond acceptors (Lipinski definition) is 5. The number of pyridine rings is 1. The van der Waals surface area contributed by atoms with E-state index in [1.165, 1.54) is 0 Å². The molecule has 0 saturated carbocycles. The molecule has 5 rings (SSSR count). The highest BCUT2D eigenvalue weighted by molar-refractivity contribution is 5.92. The van der Waals surface area contributed by atoms with Crippen molar-refractivity contribution in [3.05, 3.63) is 72.2 Å². The summed E-state index contributed by atoms with van der Waals surface area (Å²) in [6, 6.07) is 15.7. The maximum Gasteiger partial charge on any atom is 0.321 e. The van der Waals surface area contributed by atoms with Gasteiger partial charge in [-0.2, -0.15) is 5.26 Å².